The predicted octanol–water partition coefficient (Wildman–Crippen LogP) is 5.12. The molecule has 4 aromatic rings. The zero-order chi connectivity index (χ0) is 27.3. The summed E-state index contributed by atoms with van der Waals surface area (Å²) in [7, 11) is 1.54. The van der Waals surface area contributed by atoms with Gasteiger partial charge in [-0.25, -0.2) is 19.9 Å². The van der Waals surface area contributed by atoms with Crippen molar-refractivity contribution >= 4 is 28.8 Å². The van der Waals surface area contributed by atoms with Crippen LogP contribution in [0.3, 0.4) is 0 Å². The number of nitrogens with one attached hydrogen (secondary N) is 2. The summed E-state index contributed by atoms with van der Waals surface area (Å²) in [4.78, 5) is 30.1. The lowest BCUT2D eigenvalue weighted by atomic mass is 10.0. The fourth-order valence-corrected chi connectivity index (χ4v) is 3.70. The number of ether oxygens (including phenoxy) is 1. The molecule has 0 amide bonds. The molecule has 0 fully saturated rings. The average Bonchev–Trinajstić information content (AvgIpc) is 2.92. The number of carbonyl (C=O) groups is 1. The summed E-state index contributed by atoms with van der Waals surface area (Å²) < 4.78 is 5.73. The minimum atomic E-state index is -1.06. The summed E-state index contributed by atoms with van der Waals surface area (Å²) in [6.07, 6.45) is 4.96. The number of nitrogens with zero attached hydrogens (tertiary/aromatic N) is 5. The van der Waals surface area contributed by atoms with Crippen molar-refractivity contribution in [1.29, 1.82) is 5.26 Å². The van der Waals surface area contributed by atoms with Crippen LogP contribution in [0.5, 0.6) is 5.75 Å². The van der Waals surface area contributed by atoms with Crippen molar-refractivity contribution in [3.05, 3.63) is 77.9 Å². The van der Waals surface area contributed by atoms with Gasteiger partial charge >= 0.3 is 0 Å². The van der Waals surface area contributed by atoms with Gasteiger partial charge in [-0.3, -0.25) is 4.79 Å². The Hall–Kier alpha value is -4.88. The number of methoxy groups -OCH3 is 1. The third kappa shape index (κ3) is 5.74. The average molecular weight is 510 g/mol. The molecule has 0 saturated heterocycles. The Morgan fingerprint density at radius 1 is 1.03 bits per heavy atom. The van der Waals surface area contributed by atoms with Crippen molar-refractivity contribution in [2.45, 2.75) is 32.8 Å². The van der Waals surface area contributed by atoms with Crippen LogP contribution in [0.2, 0.25) is 0 Å². The number of carbonyl (C=O) groups excluding carboxylic acids is 1. The molecule has 3 heterocycles. The molecule has 38 heavy (non-hydrogen) atoms. The molecule has 0 aliphatic rings. The van der Waals surface area contributed by atoms with E-state index in [1.165, 1.54) is 6.20 Å². The first-order chi connectivity index (χ1) is 18.2. The van der Waals surface area contributed by atoms with Gasteiger partial charge in [0, 0.05) is 36.6 Å². The molecule has 0 radical (unpaired) electrons. The second kappa shape index (κ2) is 11.0. The predicted molar refractivity (Wildman–Crippen MR) is 144 cm³/mol. The minimum absolute atomic E-state index is 0.0863. The number of aromatic nitrogens is 4. The Kier molecular flexibility index (Phi) is 7.60. The maximum absolute atomic E-state index is 12.7. The summed E-state index contributed by atoms with van der Waals surface area (Å²) in [5, 5.41) is 25.7. The van der Waals surface area contributed by atoms with Gasteiger partial charge in [0.25, 0.3) is 0 Å². The standard InChI is InChI=1S/C28H27N7O3/c1-5-23(36)20-16-30-25(35-24-11-6-8-18(13-29)33-24)12-22(20)34-21-10-7-9-19(26(21)38-4)27-31-14-17(15-32-27)28(2,3)37/h6-12,14-16,37H,5H2,1-4H3,(H2,30,33,34,35). The molecule has 3 N–H and O–H groups in total. The second-order valence-electron chi connectivity index (χ2n) is 8.90. The van der Waals surface area contributed by atoms with Gasteiger partial charge in [-0.1, -0.05) is 19.1 Å². The van der Waals surface area contributed by atoms with Crippen LogP contribution in [-0.2, 0) is 5.60 Å². The van der Waals surface area contributed by atoms with Gasteiger partial charge in [-0.05, 0) is 38.1 Å². The van der Waals surface area contributed by atoms with E-state index in [0.29, 0.717) is 57.7 Å². The van der Waals surface area contributed by atoms with E-state index in [-0.39, 0.29) is 11.5 Å². The van der Waals surface area contributed by atoms with E-state index < -0.39 is 5.60 Å². The van der Waals surface area contributed by atoms with Crippen LogP contribution in [0.4, 0.5) is 23.0 Å². The third-order valence-corrected chi connectivity index (χ3v) is 5.73. The monoisotopic (exact) mass is 509 g/mol. The summed E-state index contributed by atoms with van der Waals surface area (Å²) in [5.41, 5.74) is 1.94. The maximum Gasteiger partial charge on any atom is 0.166 e. The van der Waals surface area contributed by atoms with Crippen LogP contribution in [0.1, 0.15) is 48.8 Å². The minimum Gasteiger partial charge on any atom is -0.494 e. The third-order valence-electron chi connectivity index (χ3n) is 5.73. The fourth-order valence-electron chi connectivity index (χ4n) is 3.70. The first-order valence-electron chi connectivity index (χ1n) is 11.9. The number of anilines is 4. The molecule has 0 aliphatic heterocycles. The number of nitriles is 1. The largest absolute Gasteiger partial charge is 0.494 e. The molecule has 0 saturated carbocycles. The summed E-state index contributed by atoms with van der Waals surface area (Å²) in [5.74, 6) is 1.69. The van der Waals surface area contributed by atoms with Crippen molar-refractivity contribution in [3.63, 3.8) is 0 Å². The molecular formula is C28H27N7O3. The summed E-state index contributed by atoms with van der Waals surface area (Å²) >= 11 is 0. The van der Waals surface area contributed by atoms with Gasteiger partial charge in [0.1, 0.15) is 23.4 Å². The molecule has 0 aliphatic carbocycles. The molecule has 3 aromatic heterocycles. The highest BCUT2D eigenvalue weighted by Gasteiger charge is 2.20. The van der Waals surface area contributed by atoms with E-state index >= 15 is 0 Å². The zero-order valence-corrected chi connectivity index (χ0v) is 21.5. The van der Waals surface area contributed by atoms with Crippen molar-refractivity contribution in [1.82, 2.24) is 19.9 Å². The number of rotatable bonds is 9. The van der Waals surface area contributed by atoms with Crippen LogP contribution in [0, 0.1) is 11.3 Å². The molecule has 10 nitrogen and oxygen atoms in total. The smallest absolute Gasteiger partial charge is 0.166 e. The van der Waals surface area contributed by atoms with Crippen LogP contribution in [0.25, 0.3) is 11.4 Å². The lowest BCUT2D eigenvalue weighted by Gasteiger charge is -2.18. The fraction of sp³-hybridized carbons (Fsp3) is 0.214. The van der Waals surface area contributed by atoms with Crippen molar-refractivity contribution < 1.29 is 14.6 Å². The van der Waals surface area contributed by atoms with Crippen LogP contribution >= 0.6 is 0 Å². The molecule has 0 spiro atoms. The first-order valence-corrected chi connectivity index (χ1v) is 11.9. The van der Waals surface area contributed by atoms with Crippen molar-refractivity contribution in [2.75, 3.05) is 17.7 Å². The Bertz CT molecular complexity index is 1510. The van der Waals surface area contributed by atoms with E-state index in [0.717, 1.165) is 0 Å². The first kappa shape index (κ1) is 26.2. The zero-order valence-electron chi connectivity index (χ0n) is 21.5. The number of hydrogen-bond donors (Lipinski definition) is 3. The van der Waals surface area contributed by atoms with E-state index in [9.17, 15) is 9.90 Å². The Balaban J connectivity index is 1.72. The van der Waals surface area contributed by atoms with Crippen LogP contribution in [0.15, 0.2) is 61.1 Å². The van der Waals surface area contributed by atoms with E-state index in [1.54, 1.807) is 64.5 Å². The van der Waals surface area contributed by atoms with Crippen molar-refractivity contribution in [2.24, 2.45) is 0 Å². The SMILES string of the molecule is CCC(=O)c1cnc(Nc2cccc(C#N)n2)cc1Nc1cccc(-c2ncc(C(C)(C)O)cn2)c1OC. The van der Waals surface area contributed by atoms with Gasteiger partial charge in [0.05, 0.1) is 35.2 Å². The van der Waals surface area contributed by atoms with Gasteiger partial charge < -0.3 is 20.5 Å². The van der Waals surface area contributed by atoms with Gasteiger partial charge in [0.15, 0.2) is 17.4 Å². The summed E-state index contributed by atoms with van der Waals surface area (Å²) in [6.45, 7) is 5.12. The maximum atomic E-state index is 12.7. The second-order valence-corrected chi connectivity index (χ2v) is 8.90. The highest BCUT2D eigenvalue weighted by Crippen LogP contribution is 2.38. The van der Waals surface area contributed by atoms with Crippen LogP contribution < -0.4 is 15.4 Å². The van der Waals surface area contributed by atoms with E-state index in [2.05, 4.69) is 30.6 Å². The normalized spacial score (nSPS) is 10.9. The molecular weight excluding hydrogens is 482 g/mol. The number of ketones is 1. The van der Waals surface area contributed by atoms with Gasteiger partial charge in [0.2, 0.25) is 0 Å². The molecule has 10 heteroatoms. The number of benzene rings is 1. The Labute approximate surface area is 220 Å². The van der Waals surface area contributed by atoms with E-state index in [4.69, 9.17) is 10.00 Å². The molecule has 4 rings (SSSR count). The summed E-state index contributed by atoms with van der Waals surface area (Å²) in [6, 6.07) is 14.2. The van der Waals surface area contributed by atoms with Crippen LogP contribution in [-0.4, -0.2) is 37.9 Å². The highest BCUT2D eigenvalue weighted by atomic mass is 16.5. The Morgan fingerprint density at radius 3 is 2.42 bits per heavy atom. The van der Waals surface area contributed by atoms with Gasteiger partial charge in [-0.2, -0.15) is 5.26 Å². The van der Waals surface area contributed by atoms with E-state index in [1.807, 2.05) is 24.3 Å². The number of para-hydroxylation sites is 1. The highest BCUT2D eigenvalue weighted by molar-refractivity contribution is 6.02. The van der Waals surface area contributed by atoms with Gasteiger partial charge in [-0.15, -0.1) is 0 Å². The molecule has 1 aromatic carbocycles. The molecule has 0 unspecified atom stereocenters. The van der Waals surface area contributed by atoms with Crippen molar-refractivity contribution in [3.8, 4) is 23.2 Å². The number of Topliss-reactive ketones (excluding diaryl/α,β-unsaturated/α-hetero) is 1. The molecule has 0 bridgehead atoms. The number of aliphatic hydroxyl groups is 1. The molecule has 192 valence electrons. The number of hydrogen-bond acceptors (Lipinski definition) is 10. The Morgan fingerprint density at radius 2 is 1.76 bits per heavy atom. The molecule has 0 atom stereocenters. The number of pyridine rings is 2. The lowest BCUT2D eigenvalue weighted by molar-refractivity contribution is 0.0778. The quantitative estimate of drug-likeness (QED) is 0.260. The lowest BCUT2D eigenvalue weighted by Crippen LogP contribution is -2.16. The topological polar surface area (TPSA) is 146 Å².